The molecule has 0 aromatic carbocycles. The fourth-order valence-electron chi connectivity index (χ4n) is 2.04. The molecule has 0 spiro atoms. The van der Waals surface area contributed by atoms with Gasteiger partial charge in [0.1, 0.15) is 15.9 Å². The van der Waals surface area contributed by atoms with Crippen LogP contribution in [-0.4, -0.2) is 34.0 Å². The maximum atomic E-state index is 12.6. The monoisotopic (exact) mass is 379 g/mol. The molecule has 0 aliphatic rings. The van der Waals surface area contributed by atoms with Crippen molar-refractivity contribution in [3.05, 3.63) is 28.1 Å². The number of nitrogens with zero attached hydrogens (tertiary/aromatic N) is 3. The summed E-state index contributed by atoms with van der Waals surface area (Å²) in [6, 6.07) is 1.14. The molecular formula is C14H13Cl2F2N3O3. The highest BCUT2D eigenvalue weighted by Gasteiger charge is 2.26. The standard InChI is InChI=1S/C14H13Cl2F2N3O3/c1-3-21-12(10(16)11(20-21)13(22)23-4-2)7-6-19-9(15)5-8(7)24-14(17)18/h5-6,14H,3-4H2,1-2H3. The molecular weight excluding hydrogens is 367 g/mol. The molecule has 0 unspecified atom stereocenters. The molecule has 0 bridgehead atoms. The third-order valence-electron chi connectivity index (χ3n) is 2.97. The fourth-order valence-corrected chi connectivity index (χ4v) is 2.50. The number of rotatable bonds is 6. The van der Waals surface area contributed by atoms with Gasteiger partial charge < -0.3 is 9.47 Å². The van der Waals surface area contributed by atoms with E-state index in [4.69, 9.17) is 27.9 Å². The van der Waals surface area contributed by atoms with Crippen molar-refractivity contribution in [1.82, 2.24) is 14.8 Å². The number of pyridine rings is 1. The molecule has 0 N–H and O–H groups in total. The maximum Gasteiger partial charge on any atom is 0.387 e. The van der Waals surface area contributed by atoms with Gasteiger partial charge in [-0.2, -0.15) is 13.9 Å². The van der Waals surface area contributed by atoms with Crippen molar-refractivity contribution in [2.75, 3.05) is 6.61 Å². The lowest BCUT2D eigenvalue weighted by atomic mass is 10.1. The lowest BCUT2D eigenvalue weighted by molar-refractivity contribution is -0.0495. The molecule has 0 radical (unpaired) electrons. The van der Waals surface area contributed by atoms with Gasteiger partial charge in [-0.3, -0.25) is 4.68 Å². The molecule has 0 aliphatic carbocycles. The SMILES string of the molecule is CCOC(=O)c1nn(CC)c(-c2cnc(Cl)cc2OC(F)F)c1Cl. The number of carbonyl (C=O) groups is 1. The Kier molecular flexibility index (Phi) is 5.95. The molecule has 2 aromatic heterocycles. The Morgan fingerprint density at radius 2 is 2.08 bits per heavy atom. The van der Waals surface area contributed by atoms with Gasteiger partial charge in [-0.15, -0.1) is 0 Å². The Hall–Kier alpha value is -1.93. The number of carbonyl (C=O) groups excluding carboxylic acids is 1. The second-order valence-electron chi connectivity index (χ2n) is 4.43. The minimum absolute atomic E-state index is 0.0290. The summed E-state index contributed by atoms with van der Waals surface area (Å²) < 4.78 is 36.0. The van der Waals surface area contributed by atoms with Crippen LogP contribution in [0, 0.1) is 0 Å². The van der Waals surface area contributed by atoms with Gasteiger partial charge in [0.25, 0.3) is 0 Å². The predicted octanol–water partition coefficient (Wildman–Crippen LogP) is 4.05. The first-order chi connectivity index (χ1) is 11.4. The summed E-state index contributed by atoms with van der Waals surface area (Å²) >= 11 is 12.0. The lowest BCUT2D eigenvalue weighted by Crippen LogP contribution is -2.07. The normalized spacial score (nSPS) is 11.0. The Morgan fingerprint density at radius 3 is 2.67 bits per heavy atom. The number of ether oxygens (including phenoxy) is 2. The first kappa shape index (κ1) is 18.4. The number of aromatic nitrogens is 3. The van der Waals surface area contributed by atoms with E-state index in [1.54, 1.807) is 13.8 Å². The van der Waals surface area contributed by atoms with Crippen molar-refractivity contribution in [2.45, 2.75) is 27.0 Å². The van der Waals surface area contributed by atoms with Crippen LogP contribution >= 0.6 is 23.2 Å². The van der Waals surface area contributed by atoms with E-state index in [0.29, 0.717) is 6.54 Å². The third kappa shape index (κ3) is 3.76. The summed E-state index contributed by atoms with van der Waals surface area (Å²) in [5, 5.41) is 4.00. The van der Waals surface area contributed by atoms with Gasteiger partial charge in [0.2, 0.25) is 0 Å². The van der Waals surface area contributed by atoms with Gasteiger partial charge in [0.05, 0.1) is 17.9 Å². The van der Waals surface area contributed by atoms with Crippen LogP contribution in [0.4, 0.5) is 8.78 Å². The highest BCUT2D eigenvalue weighted by Crippen LogP contribution is 2.38. The van der Waals surface area contributed by atoms with Crippen LogP contribution in [0.1, 0.15) is 24.3 Å². The van der Waals surface area contributed by atoms with E-state index in [0.717, 1.165) is 6.07 Å². The zero-order chi connectivity index (χ0) is 17.9. The Labute approximate surface area is 146 Å². The van der Waals surface area contributed by atoms with Gasteiger partial charge in [-0.1, -0.05) is 23.2 Å². The number of esters is 1. The summed E-state index contributed by atoms with van der Waals surface area (Å²) in [5.41, 5.74) is 0.227. The van der Waals surface area contributed by atoms with Crippen molar-refractivity contribution in [1.29, 1.82) is 0 Å². The van der Waals surface area contributed by atoms with E-state index in [9.17, 15) is 13.6 Å². The van der Waals surface area contributed by atoms with E-state index in [1.165, 1.54) is 10.9 Å². The zero-order valence-corrected chi connectivity index (χ0v) is 14.2. The average molecular weight is 380 g/mol. The van der Waals surface area contributed by atoms with Crippen LogP contribution in [0.2, 0.25) is 10.2 Å². The first-order valence-corrected chi connectivity index (χ1v) is 7.68. The second kappa shape index (κ2) is 7.76. The van der Waals surface area contributed by atoms with Crippen LogP contribution in [0.5, 0.6) is 5.75 Å². The van der Waals surface area contributed by atoms with Crippen LogP contribution in [0.25, 0.3) is 11.3 Å². The number of hydrogen-bond donors (Lipinski definition) is 0. The molecule has 2 heterocycles. The van der Waals surface area contributed by atoms with Crippen molar-refractivity contribution in [3.8, 4) is 17.0 Å². The van der Waals surface area contributed by atoms with Crippen molar-refractivity contribution < 1.29 is 23.0 Å². The van der Waals surface area contributed by atoms with Crippen molar-refractivity contribution >= 4 is 29.2 Å². The second-order valence-corrected chi connectivity index (χ2v) is 5.19. The van der Waals surface area contributed by atoms with E-state index < -0.39 is 12.6 Å². The van der Waals surface area contributed by atoms with Crippen LogP contribution in [0.15, 0.2) is 12.3 Å². The quantitative estimate of drug-likeness (QED) is 0.559. The minimum atomic E-state index is -3.07. The molecule has 0 fully saturated rings. The molecule has 10 heteroatoms. The number of aryl methyl sites for hydroxylation is 1. The Balaban J connectivity index is 2.62. The van der Waals surface area contributed by atoms with Gasteiger partial charge in [0, 0.05) is 18.8 Å². The summed E-state index contributed by atoms with van der Waals surface area (Å²) in [4.78, 5) is 15.8. The molecule has 24 heavy (non-hydrogen) atoms. The molecule has 0 amide bonds. The lowest BCUT2D eigenvalue weighted by Gasteiger charge is -2.12. The number of alkyl halides is 2. The average Bonchev–Trinajstić information content (AvgIpc) is 2.84. The number of hydrogen-bond acceptors (Lipinski definition) is 5. The van der Waals surface area contributed by atoms with Crippen molar-refractivity contribution in [3.63, 3.8) is 0 Å². The Bertz CT molecular complexity index is 753. The van der Waals surface area contributed by atoms with Crippen LogP contribution in [-0.2, 0) is 11.3 Å². The maximum absolute atomic E-state index is 12.6. The summed E-state index contributed by atoms with van der Waals surface area (Å²) in [6.07, 6.45) is 1.23. The molecule has 2 aromatic rings. The van der Waals surface area contributed by atoms with Crippen LogP contribution in [0.3, 0.4) is 0 Å². The van der Waals surface area contributed by atoms with Gasteiger partial charge >= 0.3 is 12.6 Å². The fraction of sp³-hybridized carbons (Fsp3) is 0.357. The van der Waals surface area contributed by atoms with Crippen molar-refractivity contribution in [2.24, 2.45) is 0 Å². The topological polar surface area (TPSA) is 66.2 Å². The highest BCUT2D eigenvalue weighted by atomic mass is 35.5. The predicted molar refractivity (Wildman–Crippen MR) is 83.7 cm³/mol. The molecule has 0 saturated heterocycles. The molecule has 6 nitrogen and oxygen atoms in total. The van der Waals surface area contributed by atoms with E-state index in [2.05, 4.69) is 14.8 Å². The number of halogens is 4. The third-order valence-corrected chi connectivity index (χ3v) is 3.53. The van der Waals surface area contributed by atoms with E-state index in [-0.39, 0.29) is 39.5 Å². The smallest absolute Gasteiger partial charge is 0.387 e. The largest absolute Gasteiger partial charge is 0.461 e. The highest BCUT2D eigenvalue weighted by molar-refractivity contribution is 6.36. The van der Waals surface area contributed by atoms with Gasteiger partial charge in [-0.05, 0) is 13.8 Å². The minimum Gasteiger partial charge on any atom is -0.461 e. The first-order valence-electron chi connectivity index (χ1n) is 6.93. The van der Waals surface area contributed by atoms with E-state index >= 15 is 0 Å². The summed E-state index contributed by atoms with van der Waals surface area (Å²) in [6.45, 7) is 0.792. The molecule has 2 rings (SSSR count). The summed E-state index contributed by atoms with van der Waals surface area (Å²) in [7, 11) is 0. The summed E-state index contributed by atoms with van der Waals surface area (Å²) in [5.74, 6) is -0.939. The van der Waals surface area contributed by atoms with Gasteiger partial charge in [0.15, 0.2) is 5.69 Å². The molecule has 0 saturated carbocycles. The van der Waals surface area contributed by atoms with Gasteiger partial charge in [-0.25, -0.2) is 9.78 Å². The molecule has 130 valence electrons. The zero-order valence-electron chi connectivity index (χ0n) is 12.7. The molecule has 0 atom stereocenters. The molecule has 0 aliphatic heterocycles. The van der Waals surface area contributed by atoms with E-state index in [1.807, 2.05) is 0 Å². The van der Waals surface area contributed by atoms with Crippen LogP contribution < -0.4 is 4.74 Å². The Morgan fingerprint density at radius 1 is 1.38 bits per heavy atom.